The summed E-state index contributed by atoms with van der Waals surface area (Å²) in [7, 11) is 0. The van der Waals surface area contributed by atoms with E-state index < -0.39 is 0 Å². The minimum atomic E-state index is -0.375. The van der Waals surface area contributed by atoms with Crippen molar-refractivity contribution in [1.29, 1.82) is 0 Å². The van der Waals surface area contributed by atoms with Crippen molar-refractivity contribution in [1.82, 2.24) is 0 Å². The molecule has 30 heavy (non-hydrogen) atoms. The summed E-state index contributed by atoms with van der Waals surface area (Å²) in [5.74, 6) is 1.03. The molecule has 2 aromatic carbocycles. The highest BCUT2D eigenvalue weighted by atomic mass is 16.6. The Kier molecular flexibility index (Phi) is 7.48. The van der Waals surface area contributed by atoms with Crippen molar-refractivity contribution in [3.63, 3.8) is 0 Å². The zero-order valence-corrected chi connectivity index (χ0v) is 17.0. The third-order valence-electron chi connectivity index (χ3n) is 4.98. The van der Waals surface area contributed by atoms with E-state index in [9.17, 15) is 14.9 Å². The Bertz CT molecular complexity index is 847. The maximum Gasteiger partial charge on any atom is 0.309 e. The third kappa shape index (κ3) is 5.62. The maximum atomic E-state index is 12.3. The van der Waals surface area contributed by atoms with Gasteiger partial charge in [0.05, 0.1) is 17.4 Å². The molecule has 0 unspecified atom stereocenters. The van der Waals surface area contributed by atoms with Gasteiger partial charge in [-0.2, -0.15) is 0 Å². The van der Waals surface area contributed by atoms with E-state index in [1.807, 2.05) is 36.1 Å². The summed E-state index contributed by atoms with van der Waals surface area (Å²) in [6.07, 6.45) is 1.20. The van der Waals surface area contributed by atoms with Crippen LogP contribution in [-0.2, 0) is 9.53 Å². The van der Waals surface area contributed by atoms with Crippen molar-refractivity contribution in [3.05, 3.63) is 58.6 Å². The molecule has 2 aromatic rings. The molecule has 0 bridgehead atoms. The number of para-hydroxylation sites is 2. The highest BCUT2D eigenvalue weighted by molar-refractivity contribution is 5.73. The van der Waals surface area contributed by atoms with Gasteiger partial charge in [0.25, 0.3) is 5.69 Å². The first kappa shape index (κ1) is 21.4. The minimum Gasteiger partial charge on any atom is -0.494 e. The molecule has 0 radical (unpaired) electrons. The molecule has 8 nitrogen and oxygen atoms in total. The van der Waals surface area contributed by atoms with Gasteiger partial charge in [0.15, 0.2) is 0 Å². The molecule has 1 aliphatic heterocycles. The summed E-state index contributed by atoms with van der Waals surface area (Å²) >= 11 is 0. The average molecular weight is 414 g/mol. The molecule has 0 N–H and O–H groups in total. The quantitative estimate of drug-likeness (QED) is 0.266. The number of nitrogens with zero attached hydrogens (tertiary/aromatic N) is 2. The maximum absolute atomic E-state index is 12.3. The number of esters is 1. The molecule has 1 aliphatic rings. The zero-order valence-electron chi connectivity index (χ0n) is 17.0. The van der Waals surface area contributed by atoms with E-state index in [1.54, 1.807) is 18.2 Å². The molecule has 1 heterocycles. The van der Waals surface area contributed by atoms with Crippen molar-refractivity contribution in [2.24, 2.45) is 5.92 Å². The fourth-order valence-electron chi connectivity index (χ4n) is 3.46. The Hall–Kier alpha value is -3.29. The van der Waals surface area contributed by atoms with Gasteiger partial charge >= 0.3 is 5.97 Å². The lowest BCUT2D eigenvalue weighted by Gasteiger charge is -2.32. The summed E-state index contributed by atoms with van der Waals surface area (Å²) < 4.78 is 16.3. The first-order valence-corrected chi connectivity index (χ1v) is 10.1. The standard InChI is InChI=1S/C22H26N2O6/c1-2-28-18-7-9-19(10-8-18)29-15-16-30-22(25)17-11-13-23(14-12-17)20-5-3-4-6-21(20)24(26)27/h3-10,17H,2,11-16H2,1H3. The number of anilines is 1. The Labute approximate surface area is 175 Å². The van der Waals surface area contributed by atoms with Crippen LogP contribution in [0.2, 0.25) is 0 Å². The fourth-order valence-corrected chi connectivity index (χ4v) is 3.46. The van der Waals surface area contributed by atoms with Gasteiger partial charge in [-0.1, -0.05) is 12.1 Å². The Balaban J connectivity index is 1.40. The van der Waals surface area contributed by atoms with Crippen molar-refractivity contribution < 1.29 is 23.9 Å². The van der Waals surface area contributed by atoms with Gasteiger partial charge < -0.3 is 19.1 Å². The number of carbonyl (C=O) groups is 1. The molecule has 0 aromatic heterocycles. The van der Waals surface area contributed by atoms with Gasteiger partial charge in [0, 0.05) is 19.2 Å². The molecule has 3 rings (SSSR count). The van der Waals surface area contributed by atoms with Gasteiger partial charge in [-0.25, -0.2) is 0 Å². The minimum absolute atomic E-state index is 0.0879. The SMILES string of the molecule is CCOc1ccc(OCCOC(=O)C2CCN(c3ccccc3[N+](=O)[O-])CC2)cc1. The predicted molar refractivity (Wildman–Crippen MR) is 112 cm³/mol. The number of benzene rings is 2. The van der Waals surface area contributed by atoms with Crippen molar-refractivity contribution >= 4 is 17.3 Å². The molecule has 160 valence electrons. The fraction of sp³-hybridized carbons (Fsp3) is 0.409. The largest absolute Gasteiger partial charge is 0.494 e. The number of nitro benzene ring substituents is 1. The molecule has 0 amide bonds. The normalized spacial score (nSPS) is 14.2. The van der Waals surface area contributed by atoms with Gasteiger partial charge in [-0.05, 0) is 50.1 Å². The molecule has 0 aliphatic carbocycles. The summed E-state index contributed by atoms with van der Waals surface area (Å²) in [5, 5.41) is 11.2. The summed E-state index contributed by atoms with van der Waals surface area (Å²) in [5.41, 5.74) is 0.683. The van der Waals surface area contributed by atoms with E-state index in [0.717, 1.165) is 5.75 Å². The molecule has 1 saturated heterocycles. The highest BCUT2D eigenvalue weighted by Gasteiger charge is 2.28. The van der Waals surface area contributed by atoms with Gasteiger partial charge in [0.1, 0.15) is 30.4 Å². The van der Waals surface area contributed by atoms with E-state index in [0.29, 0.717) is 44.0 Å². The van der Waals surface area contributed by atoms with Crippen LogP contribution in [0.1, 0.15) is 19.8 Å². The number of hydrogen-bond acceptors (Lipinski definition) is 7. The predicted octanol–water partition coefficient (Wildman–Crippen LogP) is 3.83. The Morgan fingerprint density at radius 2 is 1.67 bits per heavy atom. The lowest BCUT2D eigenvalue weighted by atomic mass is 9.96. The molecular weight excluding hydrogens is 388 g/mol. The number of rotatable bonds is 9. The Morgan fingerprint density at radius 3 is 2.30 bits per heavy atom. The zero-order chi connectivity index (χ0) is 21.3. The van der Waals surface area contributed by atoms with Crippen LogP contribution in [0.5, 0.6) is 11.5 Å². The van der Waals surface area contributed by atoms with E-state index in [-0.39, 0.29) is 35.7 Å². The Morgan fingerprint density at radius 1 is 1.03 bits per heavy atom. The number of ether oxygens (including phenoxy) is 3. The van der Waals surface area contributed by atoms with Crippen LogP contribution >= 0.6 is 0 Å². The van der Waals surface area contributed by atoms with Gasteiger partial charge in [-0.3, -0.25) is 14.9 Å². The van der Waals surface area contributed by atoms with Crippen LogP contribution in [0.3, 0.4) is 0 Å². The lowest BCUT2D eigenvalue weighted by Crippen LogP contribution is -2.37. The molecule has 0 atom stereocenters. The monoisotopic (exact) mass is 414 g/mol. The molecule has 0 spiro atoms. The van der Waals surface area contributed by atoms with Crippen LogP contribution < -0.4 is 14.4 Å². The third-order valence-corrected chi connectivity index (χ3v) is 4.98. The number of hydrogen-bond donors (Lipinski definition) is 0. The second-order valence-electron chi connectivity index (χ2n) is 6.93. The average Bonchev–Trinajstić information content (AvgIpc) is 2.78. The van der Waals surface area contributed by atoms with Crippen molar-refractivity contribution in [3.8, 4) is 11.5 Å². The van der Waals surface area contributed by atoms with E-state index >= 15 is 0 Å². The number of piperidine rings is 1. The smallest absolute Gasteiger partial charge is 0.309 e. The summed E-state index contributed by atoms with van der Waals surface area (Å²) in [6.45, 7) is 4.14. The summed E-state index contributed by atoms with van der Waals surface area (Å²) in [6, 6.07) is 14.0. The van der Waals surface area contributed by atoms with E-state index in [1.165, 1.54) is 6.07 Å². The molecular formula is C22H26N2O6. The molecule has 0 saturated carbocycles. The van der Waals surface area contributed by atoms with E-state index in [4.69, 9.17) is 14.2 Å². The number of nitro groups is 1. The van der Waals surface area contributed by atoms with Crippen LogP contribution in [0.15, 0.2) is 48.5 Å². The molecule has 8 heteroatoms. The van der Waals surface area contributed by atoms with Crippen LogP contribution in [0.4, 0.5) is 11.4 Å². The van der Waals surface area contributed by atoms with Crippen molar-refractivity contribution in [2.45, 2.75) is 19.8 Å². The summed E-state index contributed by atoms with van der Waals surface area (Å²) in [4.78, 5) is 25.1. The van der Waals surface area contributed by atoms with Gasteiger partial charge in [-0.15, -0.1) is 0 Å². The van der Waals surface area contributed by atoms with E-state index in [2.05, 4.69) is 0 Å². The van der Waals surface area contributed by atoms with Crippen LogP contribution in [-0.4, -0.2) is 43.8 Å². The second-order valence-corrected chi connectivity index (χ2v) is 6.93. The second kappa shape index (κ2) is 10.5. The van der Waals surface area contributed by atoms with Gasteiger partial charge in [0.2, 0.25) is 0 Å². The van der Waals surface area contributed by atoms with Crippen LogP contribution in [0.25, 0.3) is 0 Å². The highest BCUT2D eigenvalue weighted by Crippen LogP contribution is 2.31. The lowest BCUT2D eigenvalue weighted by molar-refractivity contribution is -0.384. The van der Waals surface area contributed by atoms with Crippen molar-refractivity contribution in [2.75, 3.05) is 37.8 Å². The molecule has 1 fully saturated rings. The van der Waals surface area contributed by atoms with Crippen LogP contribution in [0, 0.1) is 16.0 Å². The number of carbonyl (C=O) groups excluding carboxylic acids is 1. The first-order chi connectivity index (χ1) is 14.6. The topological polar surface area (TPSA) is 91.1 Å². The first-order valence-electron chi connectivity index (χ1n) is 10.1.